The number of carbonyl (C=O) groups is 2. The fourth-order valence-corrected chi connectivity index (χ4v) is 4.63. The SMILES string of the molecule is O=C(NCCc1c[nH]c2ccccc12)C1CC(=O)N(C2CCCCCC2)C1. The average molecular weight is 367 g/mol. The lowest BCUT2D eigenvalue weighted by atomic mass is 10.1. The molecule has 2 N–H and O–H groups in total. The Morgan fingerprint density at radius 1 is 1.15 bits per heavy atom. The highest BCUT2D eigenvalue weighted by atomic mass is 16.2. The van der Waals surface area contributed by atoms with E-state index in [4.69, 9.17) is 0 Å². The minimum Gasteiger partial charge on any atom is -0.361 e. The van der Waals surface area contributed by atoms with Crippen molar-refractivity contribution in [3.63, 3.8) is 0 Å². The number of amides is 2. The van der Waals surface area contributed by atoms with Crippen molar-refractivity contribution in [2.75, 3.05) is 13.1 Å². The summed E-state index contributed by atoms with van der Waals surface area (Å²) in [6.07, 6.45) is 10.3. The zero-order chi connectivity index (χ0) is 18.6. The number of hydrogen-bond acceptors (Lipinski definition) is 2. The van der Waals surface area contributed by atoms with E-state index in [-0.39, 0.29) is 17.7 Å². The predicted molar refractivity (Wildman–Crippen MR) is 106 cm³/mol. The molecule has 2 heterocycles. The second-order valence-electron chi connectivity index (χ2n) is 7.99. The van der Waals surface area contributed by atoms with Gasteiger partial charge in [0.05, 0.1) is 5.92 Å². The Labute approximate surface area is 160 Å². The lowest BCUT2D eigenvalue weighted by Crippen LogP contribution is -2.38. The van der Waals surface area contributed by atoms with Crippen molar-refractivity contribution < 1.29 is 9.59 Å². The van der Waals surface area contributed by atoms with Crippen molar-refractivity contribution in [2.24, 2.45) is 5.92 Å². The third-order valence-corrected chi connectivity index (χ3v) is 6.16. The number of nitrogens with zero attached hydrogens (tertiary/aromatic N) is 1. The Morgan fingerprint density at radius 2 is 1.93 bits per heavy atom. The number of para-hydroxylation sites is 1. The maximum Gasteiger partial charge on any atom is 0.225 e. The van der Waals surface area contributed by atoms with E-state index in [0.717, 1.165) is 24.8 Å². The second kappa shape index (κ2) is 8.15. The molecule has 1 aromatic heterocycles. The maximum atomic E-state index is 12.6. The summed E-state index contributed by atoms with van der Waals surface area (Å²) in [6.45, 7) is 1.21. The average Bonchev–Trinajstić information content (AvgIpc) is 3.16. The van der Waals surface area contributed by atoms with E-state index in [1.165, 1.54) is 36.6 Å². The van der Waals surface area contributed by atoms with Gasteiger partial charge in [0, 0.05) is 42.7 Å². The van der Waals surface area contributed by atoms with Gasteiger partial charge in [-0.2, -0.15) is 0 Å². The highest BCUT2D eigenvalue weighted by molar-refractivity contribution is 5.89. The van der Waals surface area contributed by atoms with Crippen LogP contribution in [0.1, 0.15) is 50.5 Å². The molecular formula is C22H29N3O2. The van der Waals surface area contributed by atoms with Crippen molar-refractivity contribution in [3.8, 4) is 0 Å². The first-order valence-electron chi connectivity index (χ1n) is 10.3. The fourth-order valence-electron chi connectivity index (χ4n) is 4.63. The van der Waals surface area contributed by atoms with Crippen LogP contribution in [0.5, 0.6) is 0 Å². The number of H-pyrrole nitrogens is 1. The van der Waals surface area contributed by atoms with Crippen LogP contribution in [-0.2, 0) is 16.0 Å². The monoisotopic (exact) mass is 367 g/mol. The number of aromatic amines is 1. The lowest BCUT2D eigenvalue weighted by Gasteiger charge is -2.27. The molecule has 2 aromatic rings. The van der Waals surface area contributed by atoms with Gasteiger partial charge in [-0.15, -0.1) is 0 Å². The molecule has 5 nitrogen and oxygen atoms in total. The smallest absolute Gasteiger partial charge is 0.225 e. The standard InChI is InChI=1S/C22H29N3O2/c26-21-13-17(15-25(21)18-7-3-1-2-4-8-18)22(27)23-12-11-16-14-24-20-10-6-5-9-19(16)20/h5-6,9-10,14,17-18,24H,1-4,7-8,11-13,15H2,(H,23,27). The van der Waals surface area contributed by atoms with Crippen LogP contribution >= 0.6 is 0 Å². The van der Waals surface area contributed by atoms with Crippen molar-refractivity contribution in [3.05, 3.63) is 36.0 Å². The number of hydrogen-bond donors (Lipinski definition) is 2. The Bertz CT molecular complexity index is 805. The highest BCUT2D eigenvalue weighted by Gasteiger charge is 2.37. The maximum absolute atomic E-state index is 12.6. The number of likely N-dealkylation sites (tertiary alicyclic amines) is 1. The molecule has 1 saturated carbocycles. The summed E-state index contributed by atoms with van der Waals surface area (Å²) in [5.41, 5.74) is 2.34. The topological polar surface area (TPSA) is 65.2 Å². The Hall–Kier alpha value is -2.30. The zero-order valence-corrected chi connectivity index (χ0v) is 15.9. The van der Waals surface area contributed by atoms with Crippen LogP contribution in [0.3, 0.4) is 0 Å². The van der Waals surface area contributed by atoms with Gasteiger partial charge in [0.1, 0.15) is 0 Å². The van der Waals surface area contributed by atoms with Crippen LogP contribution in [0.25, 0.3) is 10.9 Å². The van der Waals surface area contributed by atoms with Crippen LogP contribution in [0.4, 0.5) is 0 Å². The normalized spacial score (nSPS) is 21.6. The van der Waals surface area contributed by atoms with Gasteiger partial charge < -0.3 is 15.2 Å². The summed E-state index contributed by atoms with van der Waals surface area (Å²) in [6, 6.07) is 8.56. The zero-order valence-electron chi connectivity index (χ0n) is 15.9. The second-order valence-corrected chi connectivity index (χ2v) is 7.99. The molecule has 1 aliphatic heterocycles. The predicted octanol–water partition coefficient (Wildman–Crippen LogP) is 3.40. The first-order valence-corrected chi connectivity index (χ1v) is 10.3. The van der Waals surface area contributed by atoms with E-state index in [9.17, 15) is 9.59 Å². The molecule has 27 heavy (non-hydrogen) atoms. The first kappa shape index (κ1) is 18.1. The number of rotatable bonds is 5. The fraction of sp³-hybridized carbons (Fsp3) is 0.545. The van der Waals surface area contributed by atoms with Gasteiger partial charge in [-0.3, -0.25) is 9.59 Å². The minimum atomic E-state index is -0.191. The van der Waals surface area contributed by atoms with E-state index in [1.807, 2.05) is 23.2 Å². The van der Waals surface area contributed by atoms with Gasteiger partial charge in [-0.25, -0.2) is 0 Å². The quantitative estimate of drug-likeness (QED) is 0.796. The summed E-state index contributed by atoms with van der Waals surface area (Å²) in [5, 5.41) is 4.26. The number of aromatic nitrogens is 1. The molecule has 2 amide bonds. The third kappa shape index (κ3) is 4.02. The van der Waals surface area contributed by atoms with Crippen molar-refractivity contribution >= 4 is 22.7 Å². The van der Waals surface area contributed by atoms with E-state index >= 15 is 0 Å². The van der Waals surface area contributed by atoms with Gasteiger partial charge in [0.15, 0.2) is 0 Å². The lowest BCUT2D eigenvalue weighted by molar-refractivity contribution is -0.130. The van der Waals surface area contributed by atoms with Gasteiger partial charge in [0.2, 0.25) is 11.8 Å². The van der Waals surface area contributed by atoms with E-state index in [0.29, 0.717) is 25.6 Å². The third-order valence-electron chi connectivity index (χ3n) is 6.16. The van der Waals surface area contributed by atoms with Crippen LogP contribution in [0.15, 0.2) is 30.5 Å². The molecule has 4 rings (SSSR count). The molecule has 1 aliphatic carbocycles. The molecule has 1 atom stereocenters. The largest absolute Gasteiger partial charge is 0.361 e. The molecule has 5 heteroatoms. The van der Waals surface area contributed by atoms with Crippen molar-refractivity contribution in [1.29, 1.82) is 0 Å². The molecule has 0 radical (unpaired) electrons. The minimum absolute atomic E-state index is 0.0271. The van der Waals surface area contributed by atoms with Gasteiger partial charge >= 0.3 is 0 Å². The molecular weight excluding hydrogens is 338 g/mol. The molecule has 1 aromatic carbocycles. The van der Waals surface area contributed by atoms with Crippen molar-refractivity contribution in [1.82, 2.24) is 15.2 Å². The summed E-state index contributed by atoms with van der Waals surface area (Å²) >= 11 is 0. The number of nitrogens with one attached hydrogen (secondary N) is 2. The molecule has 2 fully saturated rings. The summed E-state index contributed by atoms with van der Waals surface area (Å²) in [5.74, 6) is 0.00159. The van der Waals surface area contributed by atoms with Crippen molar-refractivity contribution in [2.45, 2.75) is 57.4 Å². The molecule has 2 aliphatic rings. The van der Waals surface area contributed by atoms with Gasteiger partial charge in [-0.05, 0) is 30.9 Å². The molecule has 0 spiro atoms. The van der Waals surface area contributed by atoms with Crippen LogP contribution in [0.2, 0.25) is 0 Å². The number of carbonyl (C=O) groups excluding carboxylic acids is 2. The van der Waals surface area contributed by atoms with E-state index in [1.54, 1.807) is 0 Å². The summed E-state index contributed by atoms with van der Waals surface area (Å²) < 4.78 is 0. The van der Waals surface area contributed by atoms with Gasteiger partial charge in [0.25, 0.3) is 0 Å². The molecule has 0 bridgehead atoms. The first-order chi connectivity index (χ1) is 13.2. The van der Waals surface area contributed by atoms with Gasteiger partial charge in [-0.1, -0.05) is 43.9 Å². The Kier molecular flexibility index (Phi) is 5.46. The molecule has 144 valence electrons. The summed E-state index contributed by atoms with van der Waals surface area (Å²) in [4.78, 5) is 30.3. The molecule has 1 unspecified atom stereocenters. The number of fused-ring (bicyclic) bond motifs is 1. The van der Waals surface area contributed by atoms with E-state index < -0.39 is 0 Å². The van der Waals surface area contributed by atoms with E-state index in [2.05, 4.69) is 22.4 Å². The number of benzene rings is 1. The van der Waals surface area contributed by atoms with Crippen LogP contribution in [0, 0.1) is 5.92 Å². The highest BCUT2D eigenvalue weighted by Crippen LogP contribution is 2.28. The Balaban J connectivity index is 1.29. The molecule has 1 saturated heterocycles. The Morgan fingerprint density at radius 3 is 2.74 bits per heavy atom. The van der Waals surface area contributed by atoms with Crippen LogP contribution in [-0.4, -0.2) is 40.8 Å². The summed E-state index contributed by atoms with van der Waals surface area (Å²) in [7, 11) is 0. The van der Waals surface area contributed by atoms with Crippen LogP contribution < -0.4 is 5.32 Å².